The van der Waals surface area contributed by atoms with Crippen LogP contribution in [0.15, 0.2) is 24.3 Å². The van der Waals surface area contributed by atoms with Crippen LogP contribution in [0.1, 0.15) is 12.7 Å². The van der Waals surface area contributed by atoms with Crippen molar-refractivity contribution in [2.75, 3.05) is 11.9 Å². The molecule has 2 heterocycles. The molecule has 0 saturated heterocycles. The number of rotatable bonds is 4. The zero-order valence-electron chi connectivity index (χ0n) is 13.8. The number of anilines is 1. The summed E-state index contributed by atoms with van der Waals surface area (Å²) in [6.45, 7) is 3.42. The minimum Gasteiger partial charge on any atom is -0.450 e. The van der Waals surface area contributed by atoms with Crippen molar-refractivity contribution >= 4 is 23.1 Å². The number of aryl methyl sites for hydroxylation is 1. The Kier molecular flexibility index (Phi) is 4.43. The fraction of sp³-hybridized carbons (Fsp3) is 0.200. The molecule has 0 spiro atoms. The topological polar surface area (TPSA) is 125 Å². The minimum absolute atomic E-state index is 0.0633. The van der Waals surface area contributed by atoms with E-state index in [-0.39, 0.29) is 34.9 Å². The molecule has 0 unspecified atom stereocenters. The molecular weight excluding hydrogens is 347 g/mol. The molecule has 0 aliphatic rings. The molecule has 1 N–H and O–H groups in total. The van der Waals surface area contributed by atoms with E-state index in [1.54, 1.807) is 13.8 Å². The van der Waals surface area contributed by atoms with Crippen LogP contribution in [0.5, 0.6) is 0 Å². The third-order valence-electron chi connectivity index (χ3n) is 3.48. The van der Waals surface area contributed by atoms with Gasteiger partial charge in [0.05, 0.1) is 22.9 Å². The quantitative estimate of drug-likeness (QED) is 0.560. The number of fused-ring (bicyclic) bond motifs is 1. The number of amides is 1. The fourth-order valence-corrected chi connectivity index (χ4v) is 2.31. The number of benzene rings is 1. The van der Waals surface area contributed by atoms with Gasteiger partial charge in [-0.2, -0.15) is 9.61 Å². The minimum atomic E-state index is -0.730. The number of carbonyl (C=O) groups is 1. The molecule has 2 aromatic heterocycles. The zero-order chi connectivity index (χ0) is 18.8. The Morgan fingerprint density at radius 2 is 2.15 bits per heavy atom. The lowest BCUT2D eigenvalue weighted by Gasteiger charge is -2.09. The van der Waals surface area contributed by atoms with Gasteiger partial charge in [0.15, 0.2) is 5.82 Å². The summed E-state index contributed by atoms with van der Waals surface area (Å²) in [7, 11) is 0. The van der Waals surface area contributed by atoms with E-state index < -0.39 is 16.8 Å². The molecule has 0 aliphatic heterocycles. The predicted octanol–water partition coefficient (Wildman–Crippen LogP) is 2.72. The van der Waals surface area contributed by atoms with Crippen LogP contribution < -0.4 is 5.32 Å². The van der Waals surface area contributed by atoms with Crippen LogP contribution in [0.25, 0.3) is 16.9 Å². The first-order chi connectivity index (χ1) is 12.4. The summed E-state index contributed by atoms with van der Waals surface area (Å²) in [5.74, 6) is -0.310. The second kappa shape index (κ2) is 6.70. The predicted molar refractivity (Wildman–Crippen MR) is 88.2 cm³/mol. The average molecular weight is 360 g/mol. The molecule has 134 valence electrons. The van der Waals surface area contributed by atoms with Gasteiger partial charge in [-0.1, -0.05) is 0 Å². The van der Waals surface area contributed by atoms with Gasteiger partial charge in [-0.15, -0.1) is 10.2 Å². The maximum atomic E-state index is 14.2. The molecule has 1 amide bonds. The standard InChI is InChI=1S/C15H13FN6O4/c1-3-26-15(23)17-13-7-12(20-21-8(2)18-19-14(13)21)10-6-9(22(24)25)4-5-11(10)16/h4-7H,3H2,1-2H3,(H,17,23). The van der Waals surface area contributed by atoms with Crippen molar-refractivity contribution in [1.29, 1.82) is 0 Å². The van der Waals surface area contributed by atoms with E-state index in [1.807, 2.05) is 0 Å². The molecule has 0 radical (unpaired) electrons. The van der Waals surface area contributed by atoms with Crippen molar-refractivity contribution in [3.8, 4) is 11.3 Å². The molecule has 0 saturated carbocycles. The van der Waals surface area contributed by atoms with Gasteiger partial charge >= 0.3 is 6.09 Å². The van der Waals surface area contributed by atoms with Gasteiger partial charge in [-0.25, -0.2) is 9.18 Å². The summed E-state index contributed by atoms with van der Waals surface area (Å²) in [5.41, 5.74) is 0.0864. The summed E-state index contributed by atoms with van der Waals surface area (Å²) in [6, 6.07) is 4.45. The van der Waals surface area contributed by atoms with Gasteiger partial charge in [-0.05, 0) is 26.0 Å². The second-order valence-corrected chi connectivity index (χ2v) is 5.19. The highest BCUT2D eigenvalue weighted by Crippen LogP contribution is 2.29. The van der Waals surface area contributed by atoms with Crippen molar-refractivity contribution in [3.63, 3.8) is 0 Å². The van der Waals surface area contributed by atoms with Crippen molar-refractivity contribution < 1.29 is 18.8 Å². The van der Waals surface area contributed by atoms with Crippen molar-refractivity contribution in [3.05, 3.63) is 46.0 Å². The number of nitrogens with zero attached hydrogens (tertiary/aromatic N) is 5. The monoisotopic (exact) mass is 360 g/mol. The number of halogens is 1. The van der Waals surface area contributed by atoms with Gasteiger partial charge in [0.25, 0.3) is 5.69 Å². The molecule has 26 heavy (non-hydrogen) atoms. The normalized spacial score (nSPS) is 10.7. The summed E-state index contributed by atoms with van der Waals surface area (Å²) in [4.78, 5) is 22.1. The number of nitro benzene ring substituents is 1. The van der Waals surface area contributed by atoms with Crippen LogP contribution in [0.2, 0.25) is 0 Å². The third-order valence-corrected chi connectivity index (χ3v) is 3.48. The smallest absolute Gasteiger partial charge is 0.411 e. The zero-order valence-corrected chi connectivity index (χ0v) is 13.8. The number of aromatic nitrogens is 4. The Balaban J connectivity index is 2.18. The summed E-state index contributed by atoms with van der Waals surface area (Å²) in [5, 5.41) is 25.5. The first-order valence-corrected chi connectivity index (χ1v) is 7.52. The molecule has 1 aromatic carbocycles. The Morgan fingerprint density at radius 1 is 1.38 bits per heavy atom. The molecule has 0 bridgehead atoms. The lowest BCUT2D eigenvalue weighted by atomic mass is 10.1. The Morgan fingerprint density at radius 3 is 2.85 bits per heavy atom. The molecule has 3 aromatic rings. The van der Waals surface area contributed by atoms with E-state index in [0.717, 1.165) is 18.2 Å². The molecule has 0 atom stereocenters. The third kappa shape index (κ3) is 3.14. The number of nitro groups is 1. The SMILES string of the molecule is CCOC(=O)Nc1cc(-c2cc([N+](=O)[O-])ccc2F)nn2c(C)nnc12. The average Bonchev–Trinajstić information content (AvgIpc) is 2.97. The number of hydrogen-bond donors (Lipinski definition) is 1. The molecule has 0 fully saturated rings. The van der Waals surface area contributed by atoms with Gasteiger partial charge in [0.2, 0.25) is 5.65 Å². The molecular formula is C15H13FN6O4. The van der Waals surface area contributed by atoms with Crippen LogP contribution in [0, 0.1) is 22.9 Å². The van der Waals surface area contributed by atoms with Crippen LogP contribution >= 0.6 is 0 Å². The molecule has 3 rings (SSSR count). The van der Waals surface area contributed by atoms with E-state index in [9.17, 15) is 19.3 Å². The number of hydrogen-bond acceptors (Lipinski definition) is 7. The summed E-state index contributed by atoms with van der Waals surface area (Å²) >= 11 is 0. The first kappa shape index (κ1) is 17.2. The number of carbonyl (C=O) groups excluding carboxylic acids is 1. The Labute approximate surface area is 145 Å². The summed E-state index contributed by atoms with van der Waals surface area (Å²) < 4.78 is 20.4. The Bertz CT molecular complexity index is 1020. The molecule has 11 heteroatoms. The van der Waals surface area contributed by atoms with E-state index in [4.69, 9.17) is 4.74 Å². The van der Waals surface area contributed by atoms with E-state index >= 15 is 0 Å². The number of nitrogens with one attached hydrogen (secondary N) is 1. The molecule has 10 nitrogen and oxygen atoms in total. The van der Waals surface area contributed by atoms with Crippen LogP contribution in [0.4, 0.5) is 20.6 Å². The van der Waals surface area contributed by atoms with Crippen LogP contribution in [-0.4, -0.2) is 37.4 Å². The van der Waals surface area contributed by atoms with Gasteiger partial charge in [0.1, 0.15) is 5.82 Å². The maximum Gasteiger partial charge on any atom is 0.411 e. The highest BCUT2D eigenvalue weighted by Gasteiger charge is 2.18. The lowest BCUT2D eigenvalue weighted by molar-refractivity contribution is -0.384. The van der Waals surface area contributed by atoms with Gasteiger partial charge in [-0.3, -0.25) is 15.4 Å². The molecule has 0 aliphatic carbocycles. The second-order valence-electron chi connectivity index (χ2n) is 5.19. The van der Waals surface area contributed by atoms with E-state index in [1.165, 1.54) is 10.6 Å². The highest BCUT2D eigenvalue weighted by molar-refractivity contribution is 5.90. The number of ether oxygens (including phenoxy) is 1. The lowest BCUT2D eigenvalue weighted by Crippen LogP contribution is -2.15. The van der Waals surface area contributed by atoms with E-state index in [0.29, 0.717) is 5.82 Å². The van der Waals surface area contributed by atoms with Crippen molar-refractivity contribution in [2.24, 2.45) is 0 Å². The van der Waals surface area contributed by atoms with Gasteiger partial charge in [0, 0.05) is 17.7 Å². The maximum absolute atomic E-state index is 14.2. The highest BCUT2D eigenvalue weighted by atomic mass is 19.1. The largest absolute Gasteiger partial charge is 0.450 e. The fourth-order valence-electron chi connectivity index (χ4n) is 2.31. The van der Waals surface area contributed by atoms with Crippen molar-refractivity contribution in [1.82, 2.24) is 19.8 Å². The van der Waals surface area contributed by atoms with Crippen LogP contribution in [0.3, 0.4) is 0 Å². The van der Waals surface area contributed by atoms with E-state index in [2.05, 4.69) is 20.6 Å². The summed E-state index contributed by atoms with van der Waals surface area (Å²) in [6.07, 6.45) is -0.730. The number of non-ortho nitro benzene ring substituents is 1. The first-order valence-electron chi connectivity index (χ1n) is 7.52. The van der Waals surface area contributed by atoms with Crippen LogP contribution in [-0.2, 0) is 4.74 Å². The van der Waals surface area contributed by atoms with Gasteiger partial charge < -0.3 is 4.74 Å². The van der Waals surface area contributed by atoms with Crippen molar-refractivity contribution in [2.45, 2.75) is 13.8 Å². The Hall–Kier alpha value is -3.63.